The number of hydrogen-bond acceptors (Lipinski definition) is 7. The Bertz CT molecular complexity index is 939. The summed E-state index contributed by atoms with van der Waals surface area (Å²) in [5.74, 6) is -1.58. The molecule has 1 saturated heterocycles. The Hall–Kier alpha value is -3.40. The molecule has 1 aromatic heterocycles. The summed E-state index contributed by atoms with van der Waals surface area (Å²) in [5, 5.41) is 15.8. The van der Waals surface area contributed by atoms with E-state index in [2.05, 4.69) is 10.2 Å². The van der Waals surface area contributed by atoms with E-state index in [-0.39, 0.29) is 22.8 Å². The number of benzene rings is 1. The van der Waals surface area contributed by atoms with Crippen LogP contribution in [-0.4, -0.2) is 39.5 Å². The third kappa shape index (κ3) is 4.23. The second kappa shape index (κ2) is 7.87. The maximum atomic E-state index is 12.6. The van der Waals surface area contributed by atoms with Crippen LogP contribution in [0.1, 0.15) is 22.5 Å². The smallest absolute Gasteiger partial charge is 0.335 e. The monoisotopic (exact) mass is 386 g/mol. The van der Waals surface area contributed by atoms with Gasteiger partial charge in [0.2, 0.25) is 11.8 Å². The van der Waals surface area contributed by atoms with Gasteiger partial charge in [0, 0.05) is 6.42 Å². The minimum absolute atomic E-state index is 0.0162. The van der Waals surface area contributed by atoms with Gasteiger partial charge in [0.25, 0.3) is 0 Å². The highest BCUT2D eigenvalue weighted by Crippen LogP contribution is 2.30. The van der Waals surface area contributed by atoms with Gasteiger partial charge in [-0.25, -0.2) is 9.69 Å². The largest absolute Gasteiger partial charge is 0.478 e. The number of hydrogen-bond donors (Lipinski definition) is 2. The van der Waals surface area contributed by atoms with Gasteiger partial charge < -0.3 is 15.3 Å². The van der Waals surface area contributed by atoms with Crippen molar-refractivity contribution in [1.29, 1.82) is 0 Å². The second-order valence-electron chi connectivity index (χ2n) is 5.43. The zero-order chi connectivity index (χ0) is 19.4. The molecule has 2 aromatic rings. The molecule has 2 amide bonds. The average Bonchev–Trinajstić information content (AvgIpc) is 3.23. The highest BCUT2D eigenvalue weighted by molar-refractivity contribution is 8.14. The second-order valence-corrected chi connectivity index (χ2v) is 6.65. The number of anilines is 1. The summed E-state index contributed by atoms with van der Waals surface area (Å²) >= 11 is 0.920. The van der Waals surface area contributed by atoms with E-state index in [4.69, 9.17) is 15.3 Å². The number of carbonyl (C=O) groups excluding carboxylic acids is 2. The van der Waals surface area contributed by atoms with Crippen molar-refractivity contribution < 1.29 is 23.9 Å². The van der Waals surface area contributed by atoms with E-state index in [1.54, 1.807) is 12.1 Å². The first-order valence-corrected chi connectivity index (χ1v) is 8.60. The Morgan fingerprint density at radius 1 is 1.33 bits per heavy atom. The number of imide groups is 1. The van der Waals surface area contributed by atoms with E-state index in [0.29, 0.717) is 5.76 Å². The van der Waals surface area contributed by atoms with Crippen molar-refractivity contribution >= 4 is 46.6 Å². The van der Waals surface area contributed by atoms with Crippen LogP contribution in [-0.2, 0) is 9.59 Å². The predicted octanol–water partition coefficient (Wildman–Crippen LogP) is 1.69. The Balaban J connectivity index is 1.70. The fraction of sp³-hybridized carbons (Fsp3) is 0.118. The molecule has 10 heteroatoms. The normalized spacial score (nSPS) is 17.9. The Morgan fingerprint density at radius 2 is 2.15 bits per heavy atom. The minimum Gasteiger partial charge on any atom is -0.478 e. The van der Waals surface area contributed by atoms with Crippen molar-refractivity contribution in [2.75, 3.05) is 4.90 Å². The lowest BCUT2D eigenvalue weighted by Crippen LogP contribution is -2.32. The molecular weight excluding hydrogens is 372 g/mol. The first kappa shape index (κ1) is 18.4. The number of nitrogens with zero attached hydrogens (tertiary/aromatic N) is 3. The molecule has 0 unspecified atom stereocenters. The Kier molecular flexibility index (Phi) is 5.36. The van der Waals surface area contributed by atoms with Gasteiger partial charge in [-0.05, 0) is 30.3 Å². The van der Waals surface area contributed by atoms with E-state index in [1.807, 2.05) is 0 Å². The van der Waals surface area contributed by atoms with Crippen molar-refractivity contribution in [2.45, 2.75) is 11.7 Å². The van der Waals surface area contributed by atoms with Gasteiger partial charge in [-0.15, -0.1) is 5.10 Å². The first-order chi connectivity index (χ1) is 13.0. The van der Waals surface area contributed by atoms with Gasteiger partial charge in [-0.1, -0.05) is 17.8 Å². The number of carbonyl (C=O) groups is 3. The molecule has 3 rings (SSSR count). The highest BCUT2D eigenvalue weighted by atomic mass is 32.2. The average molecular weight is 386 g/mol. The number of carboxylic acid groups (broad SMARTS) is 1. The van der Waals surface area contributed by atoms with Gasteiger partial charge in [0.1, 0.15) is 11.0 Å². The molecule has 9 nitrogen and oxygen atoms in total. The van der Waals surface area contributed by atoms with Crippen LogP contribution in [0.4, 0.5) is 5.69 Å². The molecule has 3 N–H and O–H groups in total. The summed E-state index contributed by atoms with van der Waals surface area (Å²) in [5.41, 5.74) is 5.95. The molecule has 2 heterocycles. The predicted molar refractivity (Wildman–Crippen MR) is 99.8 cm³/mol. The molecule has 0 spiro atoms. The van der Waals surface area contributed by atoms with Crippen LogP contribution < -0.4 is 10.6 Å². The summed E-state index contributed by atoms with van der Waals surface area (Å²) in [7, 11) is 0. The molecule has 0 saturated carbocycles. The first-order valence-electron chi connectivity index (χ1n) is 7.72. The van der Waals surface area contributed by atoms with Crippen LogP contribution in [0.5, 0.6) is 0 Å². The lowest BCUT2D eigenvalue weighted by Gasteiger charge is -2.15. The summed E-state index contributed by atoms with van der Waals surface area (Å²) in [6, 6.07) is 9.00. The van der Waals surface area contributed by atoms with Crippen LogP contribution in [0.25, 0.3) is 0 Å². The third-order valence-corrected chi connectivity index (χ3v) is 4.58. The number of aromatic carboxylic acids is 1. The van der Waals surface area contributed by atoms with E-state index in [9.17, 15) is 14.4 Å². The number of amides is 2. The summed E-state index contributed by atoms with van der Waals surface area (Å²) in [4.78, 5) is 36.9. The van der Waals surface area contributed by atoms with E-state index >= 15 is 0 Å². The van der Waals surface area contributed by atoms with Crippen molar-refractivity contribution in [3.05, 3.63) is 54.0 Å². The van der Waals surface area contributed by atoms with Gasteiger partial charge in [0.15, 0.2) is 5.17 Å². The molecule has 0 radical (unpaired) electrons. The standard InChI is InChI=1S/C17H14N4O5S/c18-17(20-19-9-12-5-2-6-26-12)27-13-8-14(22)21(15(13)23)11-4-1-3-10(7-11)16(24)25/h1-7,9,13H,8H2,(H2,18,20)(H,24,25)/b19-9-/t13-/m0/s1. The van der Waals surface area contributed by atoms with Gasteiger partial charge in [-0.3, -0.25) is 9.59 Å². The fourth-order valence-electron chi connectivity index (χ4n) is 2.42. The molecule has 1 atom stereocenters. The lowest BCUT2D eigenvalue weighted by molar-refractivity contribution is -0.121. The van der Waals surface area contributed by atoms with E-state index in [0.717, 1.165) is 16.7 Å². The molecule has 1 aliphatic heterocycles. The molecule has 1 fully saturated rings. The zero-order valence-corrected chi connectivity index (χ0v) is 14.6. The van der Waals surface area contributed by atoms with Crippen LogP contribution in [0.2, 0.25) is 0 Å². The van der Waals surface area contributed by atoms with Gasteiger partial charge >= 0.3 is 5.97 Å². The van der Waals surface area contributed by atoms with Gasteiger partial charge in [0.05, 0.1) is 23.7 Å². The van der Waals surface area contributed by atoms with Crippen LogP contribution >= 0.6 is 11.8 Å². The van der Waals surface area contributed by atoms with Crippen molar-refractivity contribution in [3.63, 3.8) is 0 Å². The maximum absolute atomic E-state index is 12.6. The van der Waals surface area contributed by atoms with E-state index in [1.165, 1.54) is 36.7 Å². The van der Waals surface area contributed by atoms with Crippen molar-refractivity contribution in [2.24, 2.45) is 15.9 Å². The number of rotatable bonds is 5. The fourth-order valence-corrected chi connectivity index (χ4v) is 3.24. The SMILES string of the molecule is NC(=N/N=C\c1ccco1)S[C@H]1CC(=O)N(c2cccc(C(=O)O)c2)C1=O. The molecule has 1 aromatic carbocycles. The molecule has 0 aliphatic carbocycles. The number of furan rings is 1. The van der Waals surface area contributed by atoms with Crippen molar-refractivity contribution in [1.82, 2.24) is 0 Å². The molecule has 1 aliphatic rings. The number of amidine groups is 1. The van der Waals surface area contributed by atoms with E-state index < -0.39 is 23.0 Å². The third-order valence-electron chi connectivity index (χ3n) is 3.60. The zero-order valence-electron chi connectivity index (χ0n) is 13.8. The van der Waals surface area contributed by atoms with Crippen LogP contribution in [0, 0.1) is 0 Å². The maximum Gasteiger partial charge on any atom is 0.335 e. The topological polar surface area (TPSA) is 139 Å². The minimum atomic E-state index is -1.15. The molecule has 0 bridgehead atoms. The number of nitrogens with two attached hydrogens (primary N) is 1. The van der Waals surface area contributed by atoms with Crippen molar-refractivity contribution in [3.8, 4) is 0 Å². The Morgan fingerprint density at radius 3 is 2.85 bits per heavy atom. The number of carboxylic acids is 1. The lowest BCUT2D eigenvalue weighted by atomic mass is 10.2. The Labute approximate surface area is 157 Å². The van der Waals surface area contributed by atoms with Crippen LogP contribution in [0.15, 0.2) is 57.3 Å². The molecule has 27 heavy (non-hydrogen) atoms. The summed E-state index contributed by atoms with van der Waals surface area (Å²) in [6.45, 7) is 0. The highest BCUT2D eigenvalue weighted by Gasteiger charge is 2.40. The quantitative estimate of drug-likeness (QED) is 0.345. The van der Waals surface area contributed by atoms with Gasteiger partial charge in [-0.2, -0.15) is 5.10 Å². The summed E-state index contributed by atoms with van der Waals surface area (Å²) in [6.07, 6.45) is 2.78. The molecule has 138 valence electrons. The number of thioether (sulfide) groups is 1. The molecular formula is C17H14N4O5S. The van der Waals surface area contributed by atoms with Crippen LogP contribution in [0.3, 0.4) is 0 Å². The summed E-state index contributed by atoms with van der Waals surface area (Å²) < 4.78 is 5.06.